The van der Waals surface area contributed by atoms with Crippen LogP contribution < -0.4 is 4.90 Å². The number of para-hydroxylation sites is 1. The lowest BCUT2D eigenvalue weighted by atomic mass is 10.00. The molecule has 0 aliphatic carbocycles. The Kier molecular flexibility index (Phi) is 9.57. The van der Waals surface area contributed by atoms with Gasteiger partial charge in [0.05, 0.1) is 6.42 Å². The van der Waals surface area contributed by atoms with Crippen molar-refractivity contribution in [2.75, 3.05) is 31.1 Å². The van der Waals surface area contributed by atoms with Crippen LogP contribution in [0.2, 0.25) is 0 Å². The molecule has 0 unspecified atom stereocenters. The molecule has 0 radical (unpaired) electrons. The summed E-state index contributed by atoms with van der Waals surface area (Å²) in [5, 5.41) is 0. The average molecular weight is 490 g/mol. The van der Waals surface area contributed by atoms with Crippen LogP contribution in [-0.2, 0) is 22.6 Å². The smallest absolute Gasteiger partial charge is 0.226 e. The molecule has 36 heavy (non-hydrogen) atoms. The Morgan fingerprint density at radius 3 is 2.14 bits per heavy atom. The molecule has 2 aliphatic rings. The third-order valence-electron chi connectivity index (χ3n) is 7.92. The number of carbonyl (C=O) groups excluding carboxylic acids is 2. The molecule has 0 saturated carbocycles. The van der Waals surface area contributed by atoms with E-state index in [-0.39, 0.29) is 11.8 Å². The van der Waals surface area contributed by atoms with Crippen LogP contribution in [0.25, 0.3) is 0 Å². The number of rotatable bonds is 3. The van der Waals surface area contributed by atoms with Crippen LogP contribution in [0.15, 0.2) is 48.5 Å². The molecule has 0 spiro atoms. The van der Waals surface area contributed by atoms with Gasteiger partial charge in [0, 0.05) is 44.8 Å². The Morgan fingerprint density at radius 1 is 0.806 bits per heavy atom. The summed E-state index contributed by atoms with van der Waals surface area (Å²) in [6.07, 6.45) is 9.76. The van der Waals surface area contributed by atoms with Crippen LogP contribution in [0.4, 0.5) is 5.69 Å². The molecule has 2 aromatic rings. The van der Waals surface area contributed by atoms with Crippen LogP contribution >= 0.6 is 0 Å². The van der Waals surface area contributed by atoms with Gasteiger partial charge in [-0.2, -0.15) is 0 Å². The number of likely N-dealkylation sites (tertiary alicyclic amines) is 1. The molecule has 2 aliphatic heterocycles. The number of fused-ring (bicyclic) bond motifs is 1. The first kappa shape index (κ1) is 26.4. The minimum Gasteiger partial charge on any atom is -0.342 e. The van der Waals surface area contributed by atoms with Crippen molar-refractivity contribution in [2.45, 2.75) is 84.2 Å². The van der Waals surface area contributed by atoms with E-state index in [1.165, 1.54) is 43.2 Å². The normalized spacial score (nSPS) is 19.1. The van der Waals surface area contributed by atoms with E-state index >= 15 is 0 Å². The zero-order valence-electron chi connectivity index (χ0n) is 22.3. The summed E-state index contributed by atoms with van der Waals surface area (Å²) in [4.78, 5) is 32.2. The van der Waals surface area contributed by atoms with Crippen molar-refractivity contribution in [2.24, 2.45) is 0 Å². The molecule has 0 N–H and O–H groups in total. The number of hydrogen-bond donors (Lipinski definition) is 0. The molecular formula is C31H43N3O2. The van der Waals surface area contributed by atoms with Gasteiger partial charge in [0.25, 0.3) is 0 Å². The lowest BCUT2D eigenvalue weighted by molar-refractivity contribution is -0.132. The molecule has 0 aromatic heterocycles. The maximum atomic E-state index is 13.0. The number of amides is 2. The van der Waals surface area contributed by atoms with Gasteiger partial charge in [-0.05, 0) is 56.3 Å². The summed E-state index contributed by atoms with van der Waals surface area (Å²) >= 11 is 0. The Bertz CT molecular complexity index is 995. The topological polar surface area (TPSA) is 43.9 Å². The van der Waals surface area contributed by atoms with E-state index in [0.717, 1.165) is 63.2 Å². The minimum atomic E-state index is 0.129. The second-order valence-electron chi connectivity index (χ2n) is 10.7. The van der Waals surface area contributed by atoms with Gasteiger partial charge >= 0.3 is 0 Å². The predicted molar refractivity (Wildman–Crippen MR) is 147 cm³/mol. The van der Waals surface area contributed by atoms with Gasteiger partial charge < -0.3 is 9.80 Å². The number of benzene rings is 2. The van der Waals surface area contributed by atoms with Crippen molar-refractivity contribution in [1.29, 1.82) is 0 Å². The lowest BCUT2D eigenvalue weighted by Crippen LogP contribution is -2.47. The van der Waals surface area contributed by atoms with E-state index in [9.17, 15) is 9.59 Å². The molecular weight excluding hydrogens is 446 g/mol. The summed E-state index contributed by atoms with van der Waals surface area (Å²) in [6, 6.07) is 17.2. The predicted octanol–water partition coefficient (Wildman–Crippen LogP) is 5.74. The standard InChI is InChI=1S/C31H43N3O2/c1-25-13-15-27(16-14-25)23-31(36)32-21-17-29(18-22-32)33-19-9-5-3-4-6-10-20-34(26(2)35)30-12-8-7-11-28(30)24-33/h7-8,11-16,29H,3-6,9-10,17-24H2,1-2H3. The Balaban J connectivity index is 1.43. The minimum absolute atomic E-state index is 0.129. The Labute approximate surface area is 217 Å². The Hall–Kier alpha value is -2.66. The summed E-state index contributed by atoms with van der Waals surface area (Å²) in [7, 11) is 0. The third-order valence-corrected chi connectivity index (χ3v) is 7.92. The fourth-order valence-electron chi connectivity index (χ4n) is 5.73. The van der Waals surface area contributed by atoms with Gasteiger partial charge in [0.2, 0.25) is 11.8 Å². The maximum Gasteiger partial charge on any atom is 0.226 e. The van der Waals surface area contributed by atoms with Crippen LogP contribution in [0.3, 0.4) is 0 Å². The summed E-state index contributed by atoms with van der Waals surface area (Å²) in [5.41, 5.74) is 4.63. The van der Waals surface area contributed by atoms with E-state index < -0.39 is 0 Å². The number of carbonyl (C=O) groups is 2. The fourth-order valence-corrected chi connectivity index (χ4v) is 5.73. The van der Waals surface area contributed by atoms with E-state index in [4.69, 9.17) is 0 Å². The highest BCUT2D eigenvalue weighted by molar-refractivity contribution is 5.92. The molecule has 4 rings (SSSR count). The monoisotopic (exact) mass is 489 g/mol. The molecule has 1 fully saturated rings. The molecule has 0 atom stereocenters. The first-order valence-electron chi connectivity index (χ1n) is 13.9. The van der Waals surface area contributed by atoms with Gasteiger partial charge in [-0.1, -0.05) is 73.7 Å². The van der Waals surface area contributed by atoms with Gasteiger partial charge in [-0.15, -0.1) is 0 Å². The second-order valence-corrected chi connectivity index (χ2v) is 10.7. The van der Waals surface area contributed by atoms with E-state index in [0.29, 0.717) is 12.5 Å². The van der Waals surface area contributed by atoms with Gasteiger partial charge in [-0.25, -0.2) is 0 Å². The quantitative estimate of drug-likeness (QED) is 0.552. The molecule has 5 nitrogen and oxygen atoms in total. The third kappa shape index (κ3) is 7.19. The molecule has 1 saturated heterocycles. The second kappa shape index (κ2) is 13.0. The van der Waals surface area contributed by atoms with Crippen molar-refractivity contribution in [3.8, 4) is 0 Å². The first-order chi connectivity index (χ1) is 17.5. The molecule has 5 heteroatoms. The van der Waals surface area contributed by atoms with Crippen molar-refractivity contribution >= 4 is 17.5 Å². The first-order valence-corrected chi connectivity index (χ1v) is 13.9. The number of aryl methyl sites for hydroxylation is 1. The molecule has 194 valence electrons. The van der Waals surface area contributed by atoms with Gasteiger partial charge in [0.15, 0.2) is 0 Å². The summed E-state index contributed by atoms with van der Waals surface area (Å²) in [6.45, 7) is 8.16. The number of nitrogens with zero attached hydrogens (tertiary/aromatic N) is 3. The lowest BCUT2D eigenvalue weighted by Gasteiger charge is -2.39. The van der Waals surface area contributed by atoms with Gasteiger partial charge in [0.1, 0.15) is 0 Å². The van der Waals surface area contributed by atoms with Gasteiger partial charge in [-0.3, -0.25) is 14.5 Å². The largest absolute Gasteiger partial charge is 0.342 e. The van der Waals surface area contributed by atoms with Crippen molar-refractivity contribution in [3.05, 3.63) is 65.2 Å². The summed E-state index contributed by atoms with van der Waals surface area (Å²) < 4.78 is 0. The molecule has 2 amide bonds. The molecule has 2 heterocycles. The highest BCUT2D eigenvalue weighted by atomic mass is 16.2. The van der Waals surface area contributed by atoms with Crippen molar-refractivity contribution in [3.63, 3.8) is 0 Å². The zero-order chi connectivity index (χ0) is 25.3. The summed E-state index contributed by atoms with van der Waals surface area (Å²) in [5.74, 6) is 0.369. The van der Waals surface area contributed by atoms with Crippen LogP contribution in [0.5, 0.6) is 0 Å². The molecule has 0 bridgehead atoms. The van der Waals surface area contributed by atoms with Crippen LogP contribution in [0.1, 0.15) is 75.0 Å². The number of piperidine rings is 1. The van der Waals surface area contributed by atoms with Crippen molar-refractivity contribution in [1.82, 2.24) is 9.80 Å². The number of anilines is 1. The van der Waals surface area contributed by atoms with Crippen molar-refractivity contribution < 1.29 is 9.59 Å². The van der Waals surface area contributed by atoms with Crippen LogP contribution in [-0.4, -0.2) is 53.8 Å². The molecule has 2 aromatic carbocycles. The fraction of sp³-hybridized carbons (Fsp3) is 0.548. The average Bonchev–Trinajstić information content (AvgIpc) is 2.90. The zero-order valence-corrected chi connectivity index (χ0v) is 22.3. The number of hydrogen-bond acceptors (Lipinski definition) is 3. The SMILES string of the molecule is CC(=O)N1CCCCCCCCN(C2CCN(C(=O)Cc3ccc(C)cc3)CC2)Cc2ccccc21. The van der Waals surface area contributed by atoms with E-state index in [2.05, 4.69) is 65.3 Å². The van der Waals surface area contributed by atoms with Crippen LogP contribution in [0, 0.1) is 6.92 Å². The van der Waals surface area contributed by atoms with E-state index in [1.54, 1.807) is 6.92 Å². The van der Waals surface area contributed by atoms with E-state index in [1.807, 2.05) is 4.90 Å². The highest BCUT2D eigenvalue weighted by Crippen LogP contribution is 2.27. The highest BCUT2D eigenvalue weighted by Gasteiger charge is 2.28. The Morgan fingerprint density at radius 2 is 1.44 bits per heavy atom. The maximum absolute atomic E-state index is 13.0.